The number of hydrogen-bond donors (Lipinski definition) is 0. The third-order valence-electron chi connectivity index (χ3n) is 4.15. The van der Waals surface area contributed by atoms with Crippen LogP contribution < -0.4 is 11.2 Å². The van der Waals surface area contributed by atoms with Crippen molar-refractivity contribution in [1.29, 1.82) is 0 Å². The summed E-state index contributed by atoms with van der Waals surface area (Å²) in [6.07, 6.45) is 1.88. The Morgan fingerprint density at radius 3 is 2.17 bits per heavy atom. The maximum atomic E-state index is 12.7. The van der Waals surface area contributed by atoms with Gasteiger partial charge in [0.15, 0.2) is 0 Å². The van der Waals surface area contributed by atoms with Gasteiger partial charge in [-0.3, -0.25) is 0 Å². The van der Waals surface area contributed by atoms with Gasteiger partial charge in [0.2, 0.25) is 0 Å². The number of nitrogens with zero attached hydrogens (tertiary/aromatic N) is 2. The van der Waals surface area contributed by atoms with Gasteiger partial charge in [-0.2, -0.15) is 0 Å². The Labute approximate surface area is 151 Å². The van der Waals surface area contributed by atoms with Crippen molar-refractivity contribution in [3.05, 3.63) is 55.7 Å². The Balaban J connectivity index is 2.93. The third kappa shape index (κ3) is 3.57. The summed E-state index contributed by atoms with van der Waals surface area (Å²) in [6.45, 7) is 10.8. The van der Waals surface area contributed by atoms with E-state index < -0.39 is 0 Å². The molecule has 0 saturated heterocycles. The van der Waals surface area contributed by atoms with Gasteiger partial charge in [0.1, 0.15) is 0 Å². The van der Waals surface area contributed by atoms with E-state index in [-0.39, 0.29) is 17.2 Å². The molecule has 0 aliphatic rings. The molecule has 0 amide bonds. The normalized spacial score (nSPS) is 11.2. The summed E-state index contributed by atoms with van der Waals surface area (Å²) in [4.78, 5) is 25.5. The molecule has 129 valence electrons. The fourth-order valence-corrected chi connectivity index (χ4v) is 3.53. The van der Waals surface area contributed by atoms with Crippen LogP contribution in [0.2, 0.25) is 0 Å². The van der Waals surface area contributed by atoms with Gasteiger partial charge in [0.05, 0.1) is 0 Å². The van der Waals surface area contributed by atoms with E-state index in [0.717, 1.165) is 38.8 Å². The molecule has 1 aromatic heterocycles. The predicted molar refractivity (Wildman–Crippen MR) is 100 cm³/mol. The summed E-state index contributed by atoms with van der Waals surface area (Å²) in [6, 6.07) is 6.21. The van der Waals surface area contributed by atoms with Gasteiger partial charge in [-0.25, -0.2) is 0 Å². The minimum absolute atomic E-state index is 0.0291. The van der Waals surface area contributed by atoms with Crippen molar-refractivity contribution < 1.29 is 0 Å². The van der Waals surface area contributed by atoms with Gasteiger partial charge in [0.25, 0.3) is 0 Å². The Morgan fingerprint density at radius 2 is 1.67 bits per heavy atom. The van der Waals surface area contributed by atoms with Crippen LogP contribution in [-0.4, -0.2) is 24.4 Å². The van der Waals surface area contributed by atoms with Crippen LogP contribution in [0.1, 0.15) is 56.2 Å². The zero-order valence-corrected chi connectivity index (χ0v) is 16.8. The minimum atomic E-state index is -0.285. The van der Waals surface area contributed by atoms with E-state index in [1.54, 1.807) is 4.57 Å². The molecule has 5 heteroatoms. The van der Waals surface area contributed by atoms with Crippen molar-refractivity contribution >= 4 is 16.2 Å². The second kappa shape index (κ2) is 7.54. The SMILES string of the molecule is CCCCn1c(-c2cc(C)cc(C)c2)c(C(C)C)c(=O)n([Se])c1=O. The van der Waals surface area contributed by atoms with E-state index in [0.29, 0.717) is 12.1 Å². The van der Waals surface area contributed by atoms with Crippen molar-refractivity contribution in [1.82, 2.24) is 8.15 Å². The topological polar surface area (TPSA) is 44.0 Å². The van der Waals surface area contributed by atoms with Crippen molar-refractivity contribution in [2.24, 2.45) is 0 Å². The summed E-state index contributed by atoms with van der Waals surface area (Å²) in [5.41, 5.74) is 4.13. The molecule has 0 bridgehead atoms. The number of unbranched alkanes of at least 4 members (excludes halogenated alkanes) is 1. The molecule has 0 atom stereocenters. The van der Waals surface area contributed by atoms with Crippen LogP contribution in [0.15, 0.2) is 27.8 Å². The molecule has 0 aliphatic carbocycles. The summed E-state index contributed by atoms with van der Waals surface area (Å²) in [5, 5.41) is 0. The Hall–Kier alpha value is -1.58. The number of aryl methyl sites for hydroxylation is 2. The van der Waals surface area contributed by atoms with Crippen molar-refractivity contribution in [2.75, 3.05) is 0 Å². The average Bonchev–Trinajstić information content (AvgIpc) is 2.50. The fourth-order valence-electron chi connectivity index (χ4n) is 3.12. The third-order valence-corrected chi connectivity index (χ3v) is 4.83. The molecule has 0 fully saturated rings. The van der Waals surface area contributed by atoms with Gasteiger partial charge in [-0.15, -0.1) is 0 Å². The van der Waals surface area contributed by atoms with Crippen LogP contribution in [0.4, 0.5) is 0 Å². The van der Waals surface area contributed by atoms with Crippen LogP contribution >= 0.6 is 0 Å². The van der Waals surface area contributed by atoms with Crippen LogP contribution in [0.25, 0.3) is 11.3 Å². The Morgan fingerprint density at radius 1 is 1.08 bits per heavy atom. The molecule has 1 radical (unpaired) electrons. The van der Waals surface area contributed by atoms with E-state index in [4.69, 9.17) is 0 Å². The molecule has 1 heterocycles. The molecule has 2 aromatic rings. The molecule has 2 rings (SSSR count). The fraction of sp³-hybridized carbons (Fsp3) is 0.474. The van der Waals surface area contributed by atoms with E-state index in [1.807, 2.05) is 27.7 Å². The maximum absolute atomic E-state index is 12.7. The van der Waals surface area contributed by atoms with Crippen LogP contribution in [0.3, 0.4) is 0 Å². The number of hydrogen-bond acceptors (Lipinski definition) is 2. The van der Waals surface area contributed by atoms with Crippen LogP contribution in [-0.2, 0) is 6.54 Å². The quantitative estimate of drug-likeness (QED) is 0.734. The van der Waals surface area contributed by atoms with Gasteiger partial charge in [-0.1, -0.05) is 0 Å². The molecule has 0 N–H and O–H groups in total. The molecule has 1 aromatic carbocycles. The van der Waals surface area contributed by atoms with Crippen molar-refractivity contribution in [3.8, 4) is 11.3 Å². The molecule has 0 unspecified atom stereocenters. The first kappa shape index (κ1) is 18.8. The first-order valence-corrected chi connectivity index (χ1v) is 9.20. The van der Waals surface area contributed by atoms with E-state index in [9.17, 15) is 9.59 Å². The molecule has 0 spiro atoms. The van der Waals surface area contributed by atoms with Crippen molar-refractivity contribution in [3.63, 3.8) is 0 Å². The zero-order valence-electron chi connectivity index (χ0n) is 15.0. The number of rotatable bonds is 5. The molecular weight excluding hydrogens is 367 g/mol. The second-order valence-electron chi connectivity index (χ2n) is 6.68. The van der Waals surface area contributed by atoms with E-state index in [1.165, 1.54) is 0 Å². The molecule has 0 aliphatic heterocycles. The van der Waals surface area contributed by atoms with Gasteiger partial charge >= 0.3 is 151 Å². The van der Waals surface area contributed by atoms with Crippen LogP contribution in [0, 0.1) is 13.8 Å². The van der Waals surface area contributed by atoms with Gasteiger partial charge in [-0.05, 0) is 0 Å². The average molecular weight is 392 g/mol. The summed E-state index contributed by atoms with van der Waals surface area (Å²) in [7, 11) is 0. The summed E-state index contributed by atoms with van der Waals surface area (Å²) in [5.74, 6) is 0.0291. The first-order valence-electron chi connectivity index (χ1n) is 8.43. The van der Waals surface area contributed by atoms with Gasteiger partial charge < -0.3 is 0 Å². The molecule has 4 nitrogen and oxygen atoms in total. The first-order chi connectivity index (χ1) is 11.3. The monoisotopic (exact) mass is 393 g/mol. The molecule has 0 saturated carbocycles. The Bertz CT molecular complexity index is 843. The van der Waals surface area contributed by atoms with Crippen LogP contribution in [0.5, 0.6) is 0 Å². The van der Waals surface area contributed by atoms with Crippen molar-refractivity contribution in [2.45, 2.75) is 59.9 Å². The second-order valence-corrected chi connectivity index (χ2v) is 7.45. The summed E-state index contributed by atoms with van der Waals surface area (Å²) >= 11 is 2.62. The predicted octanol–water partition coefficient (Wildman–Crippen LogP) is 3.15. The summed E-state index contributed by atoms with van der Waals surface area (Å²) < 4.78 is 2.88. The Kier molecular flexibility index (Phi) is 5.89. The molecule has 24 heavy (non-hydrogen) atoms. The van der Waals surface area contributed by atoms with E-state index in [2.05, 4.69) is 41.4 Å². The number of aromatic nitrogens is 2. The standard InChI is InChI=1S/C19H25N2O2Se/c1-6-7-8-20-17(15-10-13(4)9-14(5)11-15)16(12(2)3)18(22)21(24)19(20)23/h9-12H,6-8H2,1-5H3. The zero-order chi connectivity index (χ0) is 18.0. The van der Waals surface area contributed by atoms with Gasteiger partial charge in [0, 0.05) is 0 Å². The molecular formula is C19H25N2O2Se. The number of benzene rings is 1. The van der Waals surface area contributed by atoms with E-state index >= 15 is 0 Å².